The normalized spacial score (nSPS) is 28.9. The van der Waals surface area contributed by atoms with E-state index < -0.39 is 0 Å². The Balaban J connectivity index is 1.87. The van der Waals surface area contributed by atoms with Crippen LogP contribution in [0.2, 0.25) is 0 Å². The number of ether oxygens (including phenoxy) is 1. The van der Waals surface area contributed by atoms with Crippen LogP contribution in [0.4, 0.5) is 4.39 Å². The second-order valence-electron chi connectivity index (χ2n) is 5.84. The average molecular weight is 277 g/mol. The summed E-state index contributed by atoms with van der Waals surface area (Å²) in [5.74, 6) is 0.878. The highest BCUT2D eigenvalue weighted by molar-refractivity contribution is 5.64. The van der Waals surface area contributed by atoms with E-state index in [0.717, 1.165) is 23.3 Å². The Hall–Kier alpha value is -1.62. The summed E-state index contributed by atoms with van der Waals surface area (Å²) in [7, 11) is 0. The molecule has 2 aliphatic heterocycles. The number of nitrogens with one attached hydrogen (secondary N) is 1. The molecule has 4 nitrogen and oxygen atoms in total. The van der Waals surface area contributed by atoms with Crippen molar-refractivity contribution in [3.8, 4) is 5.75 Å². The van der Waals surface area contributed by atoms with Gasteiger partial charge in [-0.25, -0.2) is 4.39 Å². The number of hydrogen-bond donors (Lipinski definition) is 2. The van der Waals surface area contributed by atoms with Crippen molar-refractivity contribution in [1.29, 1.82) is 0 Å². The lowest BCUT2D eigenvalue weighted by atomic mass is 9.93. The number of benzene rings is 1. The van der Waals surface area contributed by atoms with Gasteiger partial charge >= 0.3 is 0 Å². The van der Waals surface area contributed by atoms with E-state index in [1.807, 2.05) is 13.1 Å². The lowest BCUT2D eigenvalue weighted by Crippen LogP contribution is -2.35. The van der Waals surface area contributed by atoms with Crippen molar-refractivity contribution in [3.05, 3.63) is 29.1 Å². The largest absolute Gasteiger partial charge is 0.488 e. The molecule has 2 unspecified atom stereocenters. The molecule has 0 fully saturated rings. The molecule has 2 aliphatic rings. The maximum atomic E-state index is 13.8. The van der Waals surface area contributed by atoms with Gasteiger partial charge in [0.25, 0.3) is 0 Å². The minimum atomic E-state index is -0.205. The first kappa shape index (κ1) is 13.4. The summed E-state index contributed by atoms with van der Waals surface area (Å²) in [6.45, 7) is 3.99. The van der Waals surface area contributed by atoms with Crippen molar-refractivity contribution in [2.24, 2.45) is 16.8 Å². The Bertz CT molecular complexity index is 544. The van der Waals surface area contributed by atoms with Crippen LogP contribution in [0.1, 0.15) is 25.0 Å². The number of nitrogens with two attached hydrogens (primary N) is 1. The number of hydrazone groups is 1. The smallest absolute Gasteiger partial charge is 0.126 e. The first-order valence-electron chi connectivity index (χ1n) is 7.07. The van der Waals surface area contributed by atoms with Crippen molar-refractivity contribution in [1.82, 2.24) is 5.43 Å². The summed E-state index contributed by atoms with van der Waals surface area (Å²) in [5.41, 5.74) is 10.8. The predicted molar refractivity (Wildman–Crippen MR) is 76.5 cm³/mol. The van der Waals surface area contributed by atoms with E-state index in [9.17, 15) is 4.39 Å². The number of hydrogen-bond acceptors (Lipinski definition) is 4. The maximum Gasteiger partial charge on any atom is 0.126 e. The number of fused-ring (bicyclic) bond motifs is 1. The number of rotatable bonds is 3. The maximum absolute atomic E-state index is 13.8. The molecule has 0 bridgehead atoms. The summed E-state index contributed by atoms with van der Waals surface area (Å²) in [6, 6.07) is 3.33. The van der Waals surface area contributed by atoms with Crippen molar-refractivity contribution in [2.45, 2.75) is 44.9 Å². The third kappa shape index (κ3) is 2.38. The number of nitrogens with zero attached hydrogens (tertiary/aromatic N) is 1. The molecule has 20 heavy (non-hydrogen) atoms. The minimum absolute atomic E-state index is 0.0571. The summed E-state index contributed by atoms with van der Waals surface area (Å²) >= 11 is 0. The van der Waals surface area contributed by atoms with Crippen molar-refractivity contribution >= 4 is 6.21 Å². The van der Waals surface area contributed by atoms with Gasteiger partial charge in [-0.15, -0.1) is 0 Å². The van der Waals surface area contributed by atoms with Gasteiger partial charge in [0, 0.05) is 36.2 Å². The quantitative estimate of drug-likeness (QED) is 0.882. The zero-order valence-electron chi connectivity index (χ0n) is 11.8. The van der Waals surface area contributed by atoms with Gasteiger partial charge in [0.05, 0.1) is 0 Å². The van der Waals surface area contributed by atoms with Gasteiger partial charge in [-0.2, -0.15) is 5.10 Å². The molecule has 3 N–H and O–H groups in total. The van der Waals surface area contributed by atoms with Gasteiger partial charge in [0.2, 0.25) is 0 Å². The lowest BCUT2D eigenvalue weighted by molar-refractivity contribution is 0.204. The average Bonchev–Trinajstić information content (AvgIpc) is 2.96. The zero-order chi connectivity index (χ0) is 14.3. The molecule has 0 aliphatic carbocycles. The Morgan fingerprint density at radius 3 is 3.00 bits per heavy atom. The highest BCUT2D eigenvalue weighted by atomic mass is 19.1. The Morgan fingerprint density at radius 2 is 2.35 bits per heavy atom. The fraction of sp³-hybridized carbons (Fsp3) is 0.533. The molecule has 108 valence electrons. The van der Waals surface area contributed by atoms with E-state index in [1.165, 1.54) is 0 Å². The van der Waals surface area contributed by atoms with Gasteiger partial charge in [-0.3, -0.25) is 0 Å². The van der Waals surface area contributed by atoms with E-state index in [-0.39, 0.29) is 29.9 Å². The van der Waals surface area contributed by atoms with Gasteiger partial charge in [0.15, 0.2) is 0 Å². The molecule has 0 spiro atoms. The second-order valence-corrected chi connectivity index (χ2v) is 5.84. The fourth-order valence-electron chi connectivity index (χ4n) is 2.83. The molecule has 0 amide bonds. The van der Waals surface area contributed by atoms with Crippen molar-refractivity contribution in [3.63, 3.8) is 0 Å². The third-order valence-corrected chi connectivity index (χ3v) is 4.13. The molecule has 5 heteroatoms. The zero-order valence-corrected chi connectivity index (χ0v) is 11.8. The molecular weight excluding hydrogens is 257 g/mol. The molecule has 3 rings (SSSR count). The van der Waals surface area contributed by atoms with Crippen LogP contribution in [0.5, 0.6) is 5.75 Å². The van der Waals surface area contributed by atoms with Gasteiger partial charge < -0.3 is 15.9 Å². The molecule has 0 radical (unpaired) electrons. The SMILES string of the molecule is C[C@@H](N)C1Cc2cc(F)cc(CC3C=NN[C@@H]3C)c2O1. The highest BCUT2D eigenvalue weighted by Gasteiger charge is 2.30. The summed E-state index contributed by atoms with van der Waals surface area (Å²) in [4.78, 5) is 0. The molecule has 0 aromatic heterocycles. The third-order valence-electron chi connectivity index (χ3n) is 4.13. The topological polar surface area (TPSA) is 59.6 Å². The monoisotopic (exact) mass is 277 g/mol. The fourth-order valence-corrected chi connectivity index (χ4v) is 2.83. The molecule has 1 aromatic rings. The van der Waals surface area contributed by atoms with Crippen LogP contribution in [0.15, 0.2) is 17.2 Å². The summed E-state index contributed by atoms with van der Waals surface area (Å²) in [5, 5.41) is 4.07. The van der Waals surface area contributed by atoms with E-state index in [0.29, 0.717) is 6.42 Å². The van der Waals surface area contributed by atoms with Gasteiger partial charge in [-0.05, 0) is 38.0 Å². The van der Waals surface area contributed by atoms with Crippen LogP contribution in [-0.2, 0) is 12.8 Å². The Kier molecular flexibility index (Phi) is 3.38. The van der Waals surface area contributed by atoms with Gasteiger partial charge in [0.1, 0.15) is 17.7 Å². The van der Waals surface area contributed by atoms with Crippen LogP contribution in [-0.4, -0.2) is 24.4 Å². The van der Waals surface area contributed by atoms with Crippen LogP contribution in [0.3, 0.4) is 0 Å². The molecule has 0 saturated heterocycles. The lowest BCUT2D eigenvalue weighted by Gasteiger charge is -2.17. The molecule has 4 atom stereocenters. The van der Waals surface area contributed by atoms with Crippen molar-refractivity contribution < 1.29 is 9.13 Å². The van der Waals surface area contributed by atoms with Crippen LogP contribution >= 0.6 is 0 Å². The number of halogens is 1. The summed E-state index contributed by atoms with van der Waals surface area (Å²) in [6.07, 6.45) is 3.24. The Labute approximate surface area is 118 Å². The first-order valence-corrected chi connectivity index (χ1v) is 7.07. The van der Waals surface area contributed by atoms with Crippen LogP contribution in [0.25, 0.3) is 0 Å². The molecular formula is C15H20FN3O. The standard InChI is InChI=1S/C15H20FN3O/c1-8(17)14-6-11-5-13(16)4-10(15(11)20-14)3-12-7-18-19-9(12)2/h4-5,7-9,12,14,19H,3,6,17H2,1-2H3/t8-,9-,12?,14?/m1/s1. The molecule has 0 saturated carbocycles. The molecule has 1 aromatic carbocycles. The first-order chi connectivity index (χ1) is 9.54. The van der Waals surface area contributed by atoms with E-state index in [4.69, 9.17) is 10.5 Å². The highest BCUT2D eigenvalue weighted by Crippen LogP contribution is 2.36. The summed E-state index contributed by atoms with van der Waals surface area (Å²) < 4.78 is 19.7. The minimum Gasteiger partial charge on any atom is -0.488 e. The molecule has 2 heterocycles. The predicted octanol–water partition coefficient (Wildman–Crippen LogP) is 1.61. The van der Waals surface area contributed by atoms with Gasteiger partial charge in [-0.1, -0.05) is 0 Å². The van der Waals surface area contributed by atoms with E-state index >= 15 is 0 Å². The Morgan fingerprint density at radius 1 is 1.55 bits per heavy atom. The van der Waals surface area contributed by atoms with Crippen LogP contribution < -0.4 is 15.9 Å². The van der Waals surface area contributed by atoms with Crippen molar-refractivity contribution in [2.75, 3.05) is 0 Å². The van der Waals surface area contributed by atoms with E-state index in [2.05, 4.69) is 17.5 Å². The van der Waals surface area contributed by atoms with Crippen LogP contribution in [0, 0.1) is 11.7 Å². The van der Waals surface area contributed by atoms with E-state index in [1.54, 1.807) is 12.1 Å². The second kappa shape index (κ2) is 5.05.